The number of aliphatic hydroxyl groups excluding tert-OH is 1. The second-order valence-electron chi connectivity index (χ2n) is 6.03. The molecule has 1 aromatic rings. The first-order valence-electron chi connectivity index (χ1n) is 8.66. The number of unbranched alkanes of at least 4 members (excludes halogenated alkanes) is 5. The van der Waals surface area contributed by atoms with Crippen molar-refractivity contribution >= 4 is 23.1 Å². The minimum atomic E-state index is -5.03. The van der Waals surface area contributed by atoms with Crippen molar-refractivity contribution < 1.29 is 27.9 Å². The summed E-state index contributed by atoms with van der Waals surface area (Å²) >= 11 is 0. The van der Waals surface area contributed by atoms with Crippen LogP contribution in [0.1, 0.15) is 57.4 Å². The van der Waals surface area contributed by atoms with Crippen molar-refractivity contribution in [2.45, 2.75) is 58.0 Å². The summed E-state index contributed by atoms with van der Waals surface area (Å²) in [5, 5.41) is 12.3. The molecular weight excluding hydrogens is 347 g/mol. The predicted molar refractivity (Wildman–Crippen MR) is 94.7 cm³/mol. The van der Waals surface area contributed by atoms with Gasteiger partial charge in [0, 0.05) is 23.7 Å². The Bertz CT molecular complexity index is 622. The molecule has 144 valence electrons. The minimum absolute atomic E-state index is 0.0523. The number of hydrogen-bond acceptors (Lipinski definition) is 3. The Morgan fingerprint density at radius 1 is 1.04 bits per heavy atom. The molecule has 0 fully saturated rings. The highest BCUT2D eigenvalue weighted by molar-refractivity contribution is 5.99. The van der Waals surface area contributed by atoms with Crippen molar-refractivity contribution in [1.82, 2.24) is 0 Å². The molecule has 4 nitrogen and oxygen atoms in total. The smallest absolute Gasteiger partial charge is 0.454 e. The molecule has 0 saturated carbocycles. The Balaban J connectivity index is 2.48. The van der Waals surface area contributed by atoms with E-state index < -0.39 is 17.7 Å². The molecule has 1 aromatic carbocycles. The second-order valence-corrected chi connectivity index (χ2v) is 6.03. The molecule has 0 aromatic heterocycles. The summed E-state index contributed by atoms with van der Waals surface area (Å²) in [6, 6.07) is 5.57. The lowest BCUT2D eigenvalue weighted by Crippen LogP contribution is -2.20. The quantitative estimate of drug-likeness (QED) is 0.328. The standard InChI is InChI=1S/C19H24F3NO3/c1-2-3-4-5-6-7-8-18(26)23-15-11-9-14(10-12-15)16(24)13-17(25)19(20,21)22/h9-13,24H,2-8H2,1H3,(H,23,26)/b16-13-. The fraction of sp³-hybridized carbons (Fsp3) is 0.474. The number of anilines is 1. The molecule has 0 saturated heterocycles. The first-order chi connectivity index (χ1) is 12.2. The van der Waals surface area contributed by atoms with E-state index in [4.69, 9.17) is 0 Å². The maximum absolute atomic E-state index is 12.2. The molecule has 0 aliphatic carbocycles. The molecule has 2 N–H and O–H groups in total. The molecule has 7 heteroatoms. The maximum Gasteiger partial charge on any atom is 0.454 e. The van der Waals surface area contributed by atoms with Crippen molar-refractivity contribution in [1.29, 1.82) is 0 Å². The third kappa shape index (κ3) is 8.18. The molecular formula is C19H24F3NO3. The van der Waals surface area contributed by atoms with Gasteiger partial charge in [-0.1, -0.05) is 39.0 Å². The molecule has 0 atom stereocenters. The summed E-state index contributed by atoms with van der Waals surface area (Å²) in [6.07, 6.45) is 1.96. The zero-order valence-electron chi connectivity index (χ0n) is 14.7. The van der Waals surface area contributed by atoms with Gasteiger partial charge >= 0.3 is 6.18 Å². The van der Waals surface area contributed by atoms with Gasteiger partial charge in [0.25, 0.3) is 5.78 Å². The van der Waals surface area contributed by atoms with Crippen molar-refractivity contribution in [3.8, 4) is 0 Å². The van der Waals surface area contributed by atoms with E-state index in [1.165, 1.54) is 43.5 Å². The monoisotopic (exact) mass is 371 g/mol. The van der Waals surface area contributed by atoms with Gasteiger partial charge < -0.3 is 10.4 Å². The third-order valence-corrected chi connectivity index (χ3v) is 3.77. The number of benzene rings is 1. The first kappa shape index (κ1) is 21.7. The van der Waals surface area contributed by atoms with Crippen LogP contribution in [0.5, 0.6) is 0 Å². The number of hydrogen-bond donors (Lipinski definition) is 2. The molecule has 1 rings (SSSR count). The lowest BCUT2D eigenvalue weighted by molar-refractivity contribution is -0.165. The van der Waals surface area contributed by atoms with Gasteiger partial charge in [-0.05, 0) is 30.7 Å². The minimum Gasteiger partial charge on any atom is -0.507 e. The van der Waals surface area contributed by atoms with Gasteiger partial charge in [0.2, 0.25) is 5.91 Å². The van der Waals surface area contributed by atoms with E-state index in [1.807, 2.05) is 0 Å². The first-order valence-corrected chi connectivity index (χ1v) is 8.66. The SMILES string of the molecule is CCCCCCCCC(=O)Nc1ccc(/C(O)=C/C(=O)C(F)(F)F)cc1. The summed E-state index contributed by atoms with van der Waals surface area (Å²) in [5.74, 6) is -3.05. The number of carbonyl (C=O) groups excluding carboxylic acids is 2. The van der Waals surface area contributed by atoms with E-state index in [1.54, 1.807) is 0 Å². The van der Waals surface area contributed by atoms with Crippen LogP contribution in [0.15, 0.2) is 30.3 Å². The molecule has 0 spiro atoms. The van der Waals surface area contributed by atoms with Crippen LogP contribution in [0.4, 0.5) is 18.9 Å². The molecule has 1 amide bonds. The van der Waals surface area contributed by atoms with Crippen LogP contribution >= 0.6 is 0 Å². The summed E-state index contributed by atoms with van der Waals surface area (Å²) in [4.78, 5) is 22.7. The second kappa shape index (κ2) is 10.6. The average Bonchev–Trinajstić information content (AvgIpc) is 2.57. The molecule has 0 heterocycles. The van der Waals surface area contributed by atoms with Gasteiger partial charge in [-0.15, -0.1) is 0 Å². The number of ketones is 1. The highest BCUT2D eigenvalue weighted by Gasteiger charge is 2.36. The Labute approximate surface area is 151 Å². The van der Waals surface area contributed by atoms with Gasteiger partial charge in [0.1, 0.15) is 5.76 Å². The third-order valence-electron chi connectivity index (χ3n) is 3.77. The molecule has 26 heavy (non-hydrogen) atoms. The number of rotatable bonds is 10. The van der Waals surface area contributed by atoms with E-state index in [-0.39, 0.29) is 17.5 Å². The topological polar surface area (TPSA) is 66.4 Å². The number of alkyl halides is 3. The van der Waals surface area contributed by atoms with Crippen LogP contribution in [0.3, 0.4) is 0 Å². The zero-order valence-corrected chi connectivity index (χ0v) is 14.7. The van der Waals surface area contributed by atoms with Gasteiger partial charge in [0.05, 0.1) is 0 Å². The van der Waals surface area contributed by atoms with Crippen LogP contribution in [-0.4, -0.2) is 23.0 Å². The number of allylic oxidation sites excluding steroid dienone is 1. The zero-order chi connectivity index (χ0) is 19.6. The Morgan fingerprint density at radius 3 is 2.19 bits per heavy atom. The lowest BCUT2D eigenvalue weighted by atomic mass is 10.1. The highest BCUT2D eigenvalue weighted by Crippen LogP contribution is 2.21. The summed E-state index contributed by atoms with van der Waals surface area (Å²) < 4.78 is 36.5. The van der Waals surface area contributed by atoms with Crippen LogP contribution in [-0.2, 0) is 9.59 Å². The highest BCUT2D eigenvalue weighted by atomic mass is 19.4. The number of amides is 1. The van der Waals surface area contributed by atoms with E-state index in [2.05, 4.69) is 12.2 Å². The van der Waals surface area contributed by atoms with E-state index in [0.717, 1.165) is 19.3 Å². The van der Waals surface area contributed by atoms with E-state index in [0.29, 0.717) is 12.1 Å². The number of halogens is 3. The normalized spacial score (nSPS) is 12.1. The lowest BCUT2D eigenvalue weighted by Gasteiger charge is -2.07. The van der Waals surface area contributed by atoms with Crippen LogP contribution < -0.4 is 5.32 Å². The van der Waals surface area contributed by atoms with Crippen molar-refractivity contribution in [2.24, 2.45) is 0 Å². The fourth-order valence-electron chi connectivity index (χ4n) is 2.30. The molecule has 0 radical (unpaired) electrons. The Morgan fingerprint density at radius 2 is 1.62 bits per heavy atom. The van der Waals surface area contributed by atoms with Crippen molar-refractivity contribution in [3.05, 3.63) is 35.9 Å². The molecule has 0 bridgehead atoms. The van der Waals surface area contributed by atoms with Gasteiger partial charge in [-0.3, -0.25) is 9.59 Å². The van der Waals surface area contributed by atoms with Crippen LogP contribution in [0.25, 0.3) is 5.76 Å². The van der Waals surface area contributed by atoms with Gasteiger partial charge in [-0.2, -0.15) is 13.2 Å². The van der Waals surface area contributed by atoms with Crippen molar-refractivity contribution in [2.75, 3.05) is 5.32 Å². The van der Waals surface area contributed by atoms with E-state index >= 15 is 0 Å². The average molecular weight is 371 g/mol. The number of carbonyl (C=O) groups is 2. The predicted octanol–water partition coefficient (Wildman–Crippen LogP) is 5.41. The maximum atomic E-state index is 12.2. The Kier molecular flexibility index (Phi) is 8.88. The van der Waals surface area contributed by atoms with Gasteiger partial charge in [0.15, 0.2) is 0 Å². The Hall–Kier alpha value is -2.31. The number of nitrogens with one attached hydrogen (secondary N) is 1. The van der Waals surface area contributed by atoms with Crippen LogP contribution in [0.2, 0.25) is 0 Å². The van der Waals surface area contributed by atoms with Crippen molar-refractivity contribution in [3.63, 3.8) is 0 Å². The summed E-state index contributed by atoms with van der Waals surface area (Å²) in [7, 11) is 0. The summed E-state index contributed by atoms with van der Waals surface area (Å²) in [5.41, 5.74) is 0.524. The summed E-state index contributed by atoms with van der Waals surface area (Å²) in [6.45, 7) is 2.14. The largest absolute Gasteiger partial charge is 0.507 e. The fourth-order valence-corrected chi connectivity index (χ4v) is 2.30. The molecule has 0 unspecified atom stereocenters. The molecule has 0 aliphatic rings. The van der Waals surface area contributed by atoms with Gasteiger partial charge in [-0.25, -0.2) is 0 Å². The number of aliphatic hydroxyl groups is 1. The van der Waals surface area contributed by atoms with E-state index in [9.17, 15) is 27.9 Å². The van der Waals surface area contributed by atoms with Crippen LogP contribution in [0, 0.1) is 0 Å². The molecule has 0 aliphatic heterocycles.